The number of fused-ring (bicyclic) bond motifs is 1. The smallest absolute Gasteiger partial charge is 0.301 e. The summed E-state index contributed by atoms with van der Waals surface area (Å²) in [7, 11) is -2.76. The molecular weight excluding hydrogens is 608 g/mol. The van der Waals surface area contributed by atoms with Crippen LogP contribution in [0.5, 0.6) is 11.5 Å². The first-order chi connectivity index (χ1) is 20.1. The van der Waals surface area contributed by atoms with E-state index in [1.165, 1.54) is 31.8 Å². The van der Waals surface area contributed by atoms with E-state index in [1.54, 1.807) is 13.0 Å². The van der Waals surface area contributed by atoms with E-state index in [0.29, 0.717) is 5.95 Å². The molecule has 5 rings (SSSR count). The molecule has 0 bridgehead atoms. The van der Waals surface area contributed by atoms with E-state index >= 15 is 4.39 Å². The molecule has 2 aromatic heterocycles. The van der Waals surface area contributed by atoms with Gasteiger partial charge in [-0.25, -0.2) is 23.7 Å². The summed E-state index contributed by atoms with van der Waals surface area (Å²) < 4.78 is 65.3. The highest BCUT2D eigenvalue weighted by Crippen LogP contribution is 2.35. The van der Waals surface area contributed by atoms with Gasteiger partial charge in [-0.3, -0.25) is 14.1 Å². The van der Waals surface area contributed by atoms with E-state index in [1.807, 2.05) is 4.90 Å². The van der Waals surface area contributed by atoms with Crippen LogP contribution >= 0.6 is 12.4 Å². The fourth-order valence-corrected chi connectivity index (χ4v) is 5.17. The topological polar surface area (TPSA) is 158 Å². The van der Waals surface area contributed by atoms with Crippen LogP contribution in [0.2, 0.25) is 0 Å². The largest absolute Gasteiger partial charge is 0.450 e. The number of anilines is 2. The van der Waals surface area contributed by atoms with E-state index in [4.69, 9.17) is 4.74 Å². The standard InChI is InChI=1S/C26H25F2N9O4S.ClH/c1-3-35(2)42(39,40)34-19-5-4-18(27)24(17(19)12-29)41-21-7-6-20-22(23(21)28)25(38)37(15-33-20)16-13-31-26(32-14-16)36-10-8-30-9-11-36;/h4-7,13-15,30,34H,3,8-11H2,1-2H3;1H. The Kier molecular flexibility index (Phi) is 9.40. The minimum absolute atomic E-state index is 0. The Morgan fingerprint density at radius 1 is 1.14 bits per heavy atom. The number of aromatic nitrogens is 4. The third kappa shape index (κ3) is 6.20. The van der Waals surface area contributed by atoms with Gasteiger partial charge in [0.2, 0.25) is 5.95 Å². The second kappa shape index (κ2) is 12.8. The lowest BCUT2D eigenvalue weighted by molar-refractivity contribution is 0.416. The molecule has 0 amide bonds. The van der Waals surface area contributed by atoms with Crippen molar-refractivity contribution in [3.8, 4) is 23.3 Å². The highest BCUT2D eigenvalue weighted by atomic mass is 35.5. The predicted molar refractivity (Wildman–Crippen MR) is 157 cm³/mol. The molecule has 1 fully saturated rings. The minimum atomic E-state index is -4.07. The number of rotatable bonds is 8. The van der Waals surface area contributed by atoms with Crippen molar-refractivity contribution < 1.29 is 21.9 Å². The van der Waals surface area contributed by atoms with Crippen molar-refractivity contribution in [1.82, 2.24) is 29.1 Å². The number of piperazine rings is 1. The average molecular weight is 634 g/mol. The monoisotopic (exact) mass is 633 g/mol. The van der Waals surface area contributed by atoms with Gasteiger partial charge in [0, 0.05) is 39.8 Å². The van der Waals surface area contributed by atoms with Crippen molar-refractivity contribution in [3.63, 3.8) is 0 Å². The lowest BCUT2D eigenvalue weighted by Crippen LogP contribution is -2.44. The first kappa shape index (κ1) is 31.5. The highest BCUT2D eigenvalue weighted by Gasteiger charge is 2.24. The van der Waals surface area contributed by atoms with Gasteiger partial charge in [0.1, 0.15) is 23.3 Å². The van der Waals surface area contributed by atoms with Gasteiger partial charge < -0.3 is 15.0 Å². The first-order valence-corrected chi connectivity index (χ1v) is 14.2. The normalized spacial score (nSPS) is 13.4. The molecule has 17 heteroatoms. The van der Waals surface area contributed by atoms with Crippen LogP contribution in [0.4, 0.5) is 20.4 Å². The van der Waals surface area contributed by atoms with Crippen molar-refractivity contribution >= 4 is 45.2 Å². The molecule has 43 heavy (non-hydrogen) atoms. The Balaban J connectivity index is 0.00000423. The molecule has 0 radical (unpaired) electrons. The summed E-state index contributed by atoms with van der Waals surface area (Å²) in [5, 5.41) is 12.5. The van der Waals surface area contributed by atoms with Gasteiger partial charge in [-0.15, -0.1) is 12.4 Å². The number of nitrogens with zero attached hydrogens (tertiary/aromatic N) is 7. The van der Waals surface area contributed by atoms with Crippen molar-refractivity contribution in [3.05, 3.63) is 70.5 Å². The summed E-state index contributed by atoms with van der Waals surface area (Å²) in [6.45, 7) is 4.76. The van der Waals surface area contributed by atoms with Crippen LogP contribution in [0.15, 0.2) is 47.8 Å². The third-order valence-corrected chi connectivity index (χ3v) is 8.22. The summed E-state index contributed by atoms with van der Waals surface area (Å²) in [5.41, 5.74) is -1.35. The van der Waals surface area contributed by atoms with Crippen molar-refractivity contribution in [2.45, 2.75) is 6.92 Å². The summed E-state index contributed by atoms with van der Waals surface area (Å²) in [4.78, 5) is 28.2. The fourth-order valence-electron chi connectivity index (χ4n) is 4.23. The molecule has 1 aliphatic heterocycles. The molecule has 0 saturated carbocycles. The SMILES string of the molecule is CCN(C)S(=O)(=O)Nc1ccc(F)c(Oc2ccc3ncn(-c4cnc(N5CCNCC5)nc4)c(=O)c3c2F)c1C#N.Cl. The first-order valence-electron chi connectivity index (χ1n) is 12.8. The number of ether oxygens (including phenoxy) is 1. The maximum absolute atomic E-state index is 15.8. The summed E-state index contributed by atoms with van der Waals surface area (Å²) in [5.74, 6) is -3.02. The molecular formula is C26H26ClF2N9O4S. The molecule has 3 heterocycles. The molecule has 2 aromatic carbocycles. The zero-order valence-electron chi connectivity index (χ0n) is 22.9. The maximum Gasteiger partial charge on any atom is 0.301 e. The molecule has 0 atom stereocenters. The molecule has 0 unspecified atom stereocenters. The highest BCUT2D eigenvalue weighted by molar-refractivity contribution is 7.90. The maximum atomic E-state index is 15.8. The van der Waals surface area contributed by atoms with Crippen molar-refractivity contribution in [2.24, 2.45) is 0 Å². The van der Waals surface area contributed by atoms with Gasteiger partial charge in [0.05, 0.1) is 29.3 Å². The quantitative estimate of drug-likeness (QED) is 0.295. The summed E-state index contributed by atoms with van der Waals surface area (Å²) in [6.07, 6.45) is 4.06. The summed E-state index contributed by atoms with van der Waals surface area (Å²) in [6, 6.07) is 6.05. The van der Waals surface area contributed by atoms with Gasteiger partial charge in [-0.05, 0) is 24.3 Å². The molecule has 2 N–H and O–H groups in total. The van der Waals surface area contributed by atoms with Crippen LogP contribution in [0, 0.1) is 23.0 Å². The van der Waals surface area contributed by atoms with Crippen LogP contribution in [0.1, 0.15) is 12.5 Å². The Hall–Kier alpha value is -4.43. The Bertz CT molecular complexity index is 1860. The van der Waals surface area contributed by atoms with E-state index in [9.17, 15) is 22.9 Å². The van der Waals surface area contributed by atoms with Crippen molar-refractivity contribution in [2.75, 3.05) is 49.4 Å². The zero-order valence-corrected chi connectivity index (χ0v) is 24.5. The van der Waals surface area contributed by atoms with E-state index in [-0.39, 0.29) is 35.8 Å². The zero-order chi connectivity index (χ0) is 30.0. The van der Waals surface area contributed by atoms with Gasteiger partial charge in [-0.2, -0.15) is 18.0 Å². The van der Waals surface area contributed by atoms with Gasteiger partial charge in [-0.1, -0.05) is 6.92 Å². The van der Waals surface area contributed by atoms with E-state index in [0.717, 1.165) is 53.3 Å². The number of hydrogen-bond donors (Lipinski definition) is 2. The fraction of sp³-hybridized carbons (Fsp3) is 0.269. The number of nitrogens with one attached hydrogen (secondary N) is 2. The Labute approximate surface area is 251 Å². The number of hydrogen-bond acceptors (Lipinski definition) is 10. The second-order valence-electron chi connectivity index (χ2n) is 9.20. The second-order valence-corrected chi connectivity index (χ2v) is 11.0. The summed E-state index contributed by atoms with van der Waals surface area (Å²) >= 11 is 0. The van der Waals surface area contributed by atoms with Gasteiger partial charge in [0.25, 0.3) is 5.56 Å². The molecule has 1 saturated heterocycles. The van der Waals surface area contributed by atoms with Crippen LogP contribution in [-0.2, 0) is 10.2 Å². The number of benzene rings is 2. The predicted octanol–water partition coefficient (Wildman–Crippen LogP) is 2.56. The molecule has 0 aliphatic carbocycles. The molecule has 13 nitrogen and oxygen atoms in total. The van der Waals surface area contributed by atoms with Crippen molar-refractivity contribution in [1.29, 1.82) is 5.26 Å². The molecule has 0 spiro atoms. The molecule has 226 valence electrons. The van der Waals surface area contributed by atoms with E-state index < -0.39 is 49.9 Å². The lowest BCUT2D eigenvalue weighted by Gasteiger charge is -2.27. The number of halogens is 3. The molecule has 1 aliphatic rings. The lowest BCUT2D eigenvalue weighted by atomic mass is 10.1. The van der Waals surface area contributed by atoms with Gasteiger partial charge >= 0.3 is 10.2 Å². The number of nitriles is 1. The Morgan fingerprint density at radius 2 is 1.84 bits per heavy atom. The average Bonchev–Trinajstić information content (AvgIpc) is 3.00. The van der Waals surface area contributed by atoms with Crippen LogP contribution in [0.3, 0.4) is 0 Å². The van der Waals surface area contributed by atoms with E-state index in [2.05, 4.69) is 25.0 Å². The molecule has 4 aromatic rings. The van der Waals surface area contributed by atoms with Crippen LogP contribution in [0.25, 0.3) is 16.6 Å². The Morgan fingerprint density at radius 3 is 2.49 bits per heavy atom. The van der Waals surface area contributed by atoms with Gasteiger partial charge in [0.15, 0.2) is 23.1 Å². The third-order valence-electron chi connectivity index (χ3n) is 6.66. The van der Waals surface area contributed by atoms with Crippen LogP contribution in [-0.4, -0.2) is 72.0 Å². The van der Waals surface area contributed by atoms with Crippen LogP contribution < -0.4 is 25.2 Å². The minimum Gasteiger partial charge on any atom is -0.450 e.